The summed E-state index contributed by atoms with van der Waals surface area (Å²) in [6.45, 7) is 4.63. The van der Waals surface area contributed by atoms with Gasteiger partial charge in [0.1, 0.15) is 5.82 Å². The molecule has 0 radical (unpaired) electrons. The maximum absolute atomic E-state index is 13.2. The fourth-order valence-electron chi connectivity index (χ4n) is 4.02. The number of para-hydroxylation sites is 1. The van der Waals surface area contributed by atoms with Crippen LogP contribution in [0.1, 0.15) is 0 Å². The van der Waals surface area contributed by atoms with Gasteiger partial charge in [-0.05, 0) is 36.4 Å². The number of hydrogen-bond donors (Lipinski definition) is 0. The Morgan fingerprint density at radius 3 is 2.35 bits per heavy atom. The smallest absolute Gasteiger partial charge is 0.233 e. The highest BCUT2D eigenvalue weighted by atomic mass is 32.2. The molecule has 5 rings (SSSR count). The number of aromatic nitrogens is 3. The second-order valence-corrected chi connectivity index (χ2v) is 8.50. The van der Waals surface area contributed by atoms with Crippen LogP contribution in [0.15, 0.2) is 59.8 Å². The van der Waals surface area contributed by atoms with Crippen molar-refractivity contribution in [3.63, 3.8) is 0 Å². The molecular formula is C22H23FN6OS. The van der Waals surface area contributed by atoms with E-state index in [9.17, 15) is 9.18 Å². The van der Waals surface area contributed by atoms with Gasteiger partial charge in [-0.3, -0.25) is 9.36 Å². The first kappa shape index (κ1) is 19.9. The van der Waals surface area contributed by atoms with E-state index in [2.05, 4.69) is 27.2 Å². The Labute approximate surface area is 184 Å². The fourth-order valence-corrected chi connectivity index (χ4v) is 4.88. The van der Waals surface area contributed by atoms with Crippen LogP contribution in [0.5, 0.6) is 0 Å². The highest BCUT2D eigenvalue weighted by Crippen LogP contribution is 2.32. The summed E-state index contributed by atoms with van der Waals surface area (Å²) in [6.07, 6.45) is 0. The van der Waals surface area contributed by atoms with E-state index in [1.807, 2.05) is 32.6 Å². The quantitative estimate of drug-likeness (QED) is 0.571. The van der Waals surface area contributed by atoms with E-state index < -0.39 is 0 Å². The zero-order chi connectivity index (χ0) is 21.2. The zero-order valence-electron chi connectivity index (χ0n) is 17.0. The Hall–Kier alpha value is -3.07. The lowest BCUT2D eigenvalue weighted by Gasteiger charge is -2.36. The largest absolute Gasteiger partial charge is 0.368 e. The second-order valence-electron chi connectivity index (χ2n) is 7.55. The number of piperazine rings is 1. The first-order valence-electron chi connectivity index (χ1n) is 10.4. The first-order chi connectivity index (χ1) is 15.2. The number of benzene rings is 2. The third-order valence-corrected chi connectivity index (χ3v) is 6.65. The molecule has 1 fully saturated rings. The molecule has 2 aliphatic heterocycles. The lowest BCUT2D eigenvalue weighted by molar-refractivity contribution is -0.128. The minimum absolute atomic E-state index is 0.128. The fraction of sp³-hybridized carbons (Fsp3) is 0.318. The summed E-state index contributed by atoms with van der Waals surface area (Å²) in [4.78, 5) is 19.0. The molecule has 1 aromatic heterocycles. The number of fused-ring (bicyclic) bond motifs is 1. The van der Waals surface area contributed by atoms with Gasteiger partial charge in [0.15, 0.2) is 5.16 Å². The number of amides is 1. The van der Waals surface area contributed by atoms with Gasteiger partial charge in [-0.15, -0.1) is 10.2 Å². The molecule has 0 spiro atoms. The van der Waals surface area contributed by atoms with Gasteiger partial charge in [0.2, 0.25) is 11.9 Å². The van der Waals surface area contributed by atoms with Gasteiger partial charge in [0.05, 0.1) is 5.75 Å². The number of hydrogen-bond acceptors (Lipinski definition) is 6. The van der Waals surface area contributed by atoms with Crippen LogP contribution in [-0.2, 0) is 11.3 Å². The Balaban J connectivity index is 1.17. The van der Waals surface area contributed by atoms with Gasteiger partial charge in [-0.25, -0.2) is 4.39 Å². The standard InChI is InChI=1S/C22H23FN6OS/c23-17-6-8-19(9-7-17)28-14-15-29-21(28)24-25-22(29)31-16-20(30)27-12-10-26(11-13-27)18-4-2-1-3-5-18/h1-9H,10-16H2. The molecule has 1 saturated heterocycles. The molecule has 0 N–H and O–H groups in total. The van der Waals surface area contributed by atoms with Crippen LogP contribution < -0.4 is 9.80 Å². The maximum atomic E-state index is 13.2. The van der Waals surface area contributed by atoms with E-state index in [0.717, 1.165) is 56.1 Å². The van der Waals surface area contributed by atoms with Crippen molar-refractivity contribution in [2.75, 3.05) is 48.3 Å². The molecule has 3 aromatic rings. The minimum Gasteiger partial charge on any atom is -0.368 e. The van der Waals surface area contributed by atoms with Gasteiger partial charge in [-0.2, -0.15) is 0 Å². The number of rotatable bonds is 5. The van der Waals surface area contributed by atoms with Crippen molar-refractivity contribution >= 4 is 35.0 Å². The monoisotopic (exact) mass is 438 g/mol. The summed E-state index contributed by atoms with van der Waals surface area (Å²) >= 11 is 1.43. The second kappa shape index (κ2) is 8.58. The molecule has 0 saturated carbocycles. The van der Waals surface area contributed by atoms with Crippen molar-refractivity contribution in [2.45, 2.75) is 11.7 Å². The first-order valence-corrected chi connectivity index (χ1v) is 11.3. The van der Waals surface area contributed by atoms with Gasteiger partial charge >= 0.3 is 0 Å². The van der Waals surface area contributed by atoms with Gasteiger partial charge in [0, 0.05) is 50.6 Å². The molecule has 2 aromatic carbocycles. The molecule has 1 amide bonds. The SMILES string of the molecule is O=C(CSc1nnc2n1CCN2c1ccc(F)cc1)N1CCN(c2ccccc2)CC1. The molecule has 160 valence electrons. The molecule has 9 heteroatoms. The van der Waals surface area contributed by atoms with Crippen molar-refractivity contribution in [3.8, 4) is 0 Å². The molecule has 0 atom stereocenters. The summed E-state index contributed by atoms with van der Waals surface area (Å²) in [7, 11) is 0. The van der Waals surface area contributed by atoms with Crippen LogP contribution in [0.2, 0.25) is 0 Å². The molecular weight excluding hydrogens is 415 g/mol. The van der Waals surface area contributed by atoms with E-state index in [1.54, 1.807) is 12.1 Å². The third kappa shape index (κ3) is 4.10. The Kier molecular flexibility index (Phi) is 5.50. The van der Waals surface area contributed by atoms with Crippen LogP contribution in [0, 0.1) is 5.82 Å². The molecule has 7 nitrogen and oxygen atoms in total. The Morgan fingerprint density at radius 1 is 0.871 bits per heavy atom. The van der Waals surface area contributed by atoms with Crippen molar-refractivity contribution < 1.29 is 9.18 Å². The highest BCUT2D eigenvalue weighted by Gasteiger charge is 2.27. The summed E-state index contributed by atoms with van der Waals surface area (Å²) < 4.78 is 15.2. The summed E-state index contributed by atoms with van der Waals surface area (Å²) in [5.41, 5.74) is 2.09. The number of carbonyl (C=O) groups excluding carboxylic acids is 1. The predicted molar refractivity (Wildman–Crippen MR) is 119 cm³/mol. The Morgan fingerprint density at radius 2 is 1.61 bits per heavy atom. The number of thioether (sulfide) groups is 1. The zero-order valence-corrected chi connectivity index (χ0v) is 17.8. The normalized spacial score (nSPS) is 16.0. The summed E-state index contributed by atoms with van der Waals surface area (Å²) in [6, 6.07) is 16.7. The van der Waals surface area contributed by atoms with Crippen molar-refractivity contribution in [1.82, 2.24) is 19.7 Å². The van der Waals surface area contributed by atoms with Crippen LogP contribution in [-0.4, -0.2) is 64.0 Å². The molecule has 3 heterocycles. The molecule has 31 heavy (non-hydrogen) atoms. The van der Waals surface area contributed by atoms with E-state index in [-0.39, 0.29) is 11.7 Å². The van der Waals surface area contributed by atoms with Crippen LogP contribution in [0.3, 0.4) is 0 Å². The lowest BCUT2D eigenvalue weighted by Crippen LogP contribution is -2.49. The third-order valence-electron chi connectivity index (χ3n) is 5.70. The van der Waals surface area contributed by atoms with E-state index >= 15 is 0 Å². The van der Waals surface area contributed by atoms with Gasteiger partial charge in [0.25, 0.3) is 0 Å². The predicted octanol–water partition coefficient (Wildman–Crippen LogP) is 3.01. The number of anilines is 3. The summed E-state index contributed by atoms with van der Waals surface area (Å²) in [5.74, 6) is 0.949. The number of nitrogens with zero attached hydrogens (tertiary/aromatic N) is 6. The van der Waals surface area contributed by atoms with E-state index in [0.29, 0.717) is 5.75 Å². The lowest BCUT2D eigenvalue weighted by atomic mass is 10.2. The van der Waals surface area contributed by atoms with Crippen molar-refractivity contribution in [1.29, 1.82) is 0 Å². The topological polar surface area (TPSA) is 57.5 Å². The van der Waals surface area contributed by atoms with Crippen LogP contribution in [0.4, 0.5) is 21.7 Å². The summed E-state index contributed by atoms with van der Waals surface area (Å²) in [5, 5.41) is 9.33. The number of carbonyl (C=O) groups is 1. The van der Waals surface area contributed by atoms with Crippen LogP contribution in [0.25, 0.3) is 0 Å². The average Bonchev–Trinajstić information content (AvgIpc) is 3.41. The van der Waals surface area contributed by atoms with E-state index in [4.69, 9.17) is 0 Å². The van der Waals surface area contributed by atoms with Gasteiger partial charge < -0.3 is 14.7 Å². The number of halogens is 1. The molecule has 0 unspecified atom stereocenters. The van der Waals surface area contributed by atoms with Crippen molar-refractivity contribution in [3.05, 3.63) is 60.4 Å². The minimum atomic E-state index is -0.260. The maximum Gasteiger partial charge on any atom is 0.233 e. The van der Waals surface area contributed by atoms with Crippen LogP contribution >= 0.6 is 11.8 Å². The molecule has 0 aliphatic carbocycles. The van der Waals surface area contributed by atoms with Crippen molar-refractivity contribution in [2.24, 2.45) is 0 Å². The van der Waals surface area contributed by atoms with Gasteiger partial charge in [-0.1, -0.05) is 30.0 Å². The average molecular weight is 439 g/mol. The highest BCUT2D eigenvalue weighted by molar-refractivity contribution is 7.99. The molecule has 2 aliphatic rings. The van der Waals surface area contributed by atoms with E-state index in [1.165, 1.54) is 29.6 Å². The molecule has 0 bridgehead atoms. The Bertz CT molecular complexity index is 1050.